The van der Waals surface area contributed by atoms with Gasteiger partial charge in [-0.3, -0.25) is 14.5 Å². The van der Waals surface area contributed by atoms with Gasteiger partial charge in [-0.05, 0) is 27.2 Å². The van der Waals surface area contributed by atoms with Gasteiger partial charge in [0, 0.05) is 18.4 Å². The third kappa shape index (κ3) is 1.65. The van der Waals surface area contributed by atoms with Gasteiger partial charge in [0.2, 0.25) is 11.8 Å². The number of carbonyl (C=O) groups is 2. The predicted octanol–water partition coefficient (Wildman–Crippen LogP) is 1.32. The van der Waals surface area contributed by atoms with Gasteiger partial charge in [0.05, 0.1) is 0 Å². The second-order valence-electron chi connectivity index (χ2n) is 4.15. The normalized spacial score (nSPS) is 20.1. The van der Waals surface area contributed by atoms with Crippen LogP contribution in [0.5, 0.6) is 0 Å². The number of imide groups is 1. The number of piperidine rings is 1. The quantitative estimate of drug-likeness (QED) is 0.513. The van der Waals surface area contributed by atoms with Crippen molar-refractivity contribution in [3.63, 3.8) is 0 Å². The topological polar surface area (TPSA) is 37.4 Å². The average molecular weight is 169 g/mol. The number of amides is 2. The summed E-state index contributed by atoms with van der Waals surface area (Å²) in [6.07, 6.45) is 1.75. The first-order valence-corrected chi connectivity index (χ1v) is 4.29. The molecule has 1 aliphatic heterocycles. The van der Waals surface area contributed by atoms with Crippen LogP contribution in [0.15, 0.2) is 0 Å². The summed E-state index contributed by atoms with van der Waals surface area (Å²) >= 11 is 0. The molecule has 0 saturated carbocycles. The Labute approximate surface area is 72.7 Å². The molecule has 0 aliphatic carbocycles. The maximum atomic E-state index is 11.4. The fourth-order valence-electron chi connectivity index (χ4n) is 1.50. The summed E-state index contributed by atoms with van der Waals surface area (Å²) in [5.74, 6) is -0.0579. The highest BCUT2D eigenvalue weighted by molar-refractivity contribution is 5.98. The first kappa shape index (κ1) is 9.23. The van der Waals surface area contributed by atoms with E-state index >= 15 is 0 Å². The second kappa shape index (κ2) is 2.88. The highest BCUT2D eigenvalue weighted by atomic mass is 16.2. The number of hydrogen-bond acceptors (Lipinski definition) is 2. The van der Waals surface area contributed by atoms with Crippen LogP contribution in [0.3, 0.4) is 0 Å². The molecule has 0 aromatic heterocycles. The fraction of sp³-hybridized carbons (Fsp3) is 0.778. The van der Waals surface area contributed by atoms with E-state index in [1.165, 1.54) is 4.90 Å². The fourth-order valence-corrected chi connectivity index (χ4v) is 1.50. The van der Waals surface area contributed by atoms with E-state index in [0.717, 1.165) is 0 Å². The van der Waals surface area contributed by atoms with Crippen molar-refractivity contribution in [2.75, 3.05) is 0 Å². The number of nitrogens with zero attached hydrogens (tertiary/aromatic N) is 1. The van der Waals surface area contributed by atoms with Crippen molar-refractivity contribution < 1.29 is 9.59 Å². The molecule has 1 heterocycles. The van der Waals surface area contributed by atoms with Crippen molar-refractivity contribution in [3.8, 4) is 0 Å². The lowest BCUT2D eigenvalue weighted by Gasteiger charge is -2.36. The average Bonchev–Trinajstić information content (AvgIpc) is 1.82. The van der Waals surface area contributed by atoms with Gasteiger partial charge >= 0.3 is 0 Å². The van der Waals surface area contributed by atoms with E-state index < -0.39 is 0 Å². The zero-order chi connectivity index (χ0) is 9.35. The third-order valence-electron chi connectivity index (χ3n) is 1.95. The van der Waals surface area contributed by atoms with Gasteiger partial charge < -0.3 is 0 Å². The molecule has 1 saturated heterocycles. The van der Waals surface area contributed by atoms with E-state index in [-0.39, 0.29) is 17.4 Å². The summed E-state index contributed by atoms with van der Waals surface area (Å²) < 4.78 is 0. The summed E-state index contributed by atoms with van der Waals surface area (Å²) in [6, 6.07) is 0. The number of rotatable bonds is 0. The van der Waals surface area contributed by atoms with Crippen molar-refractivity contribution in [3.05, 3.63) is 0 Å². The van der Waals surface area contributed by atoms with Gasteiger partial charge in [-0.2, -0.15) is 0 Å². The van der Waals surface area contributed by atoms with E-state index in [9.17, 15) is 9.59 Å². The SMILES string of the molecule is CC(C)(C)N1C(=O)CCCC1=O. The molecular formula is C9H15NO2. The molecule has 0 spiro atoms. The zero-order valence-corrected chi connectivity index (χ0v) is 7.89. The van der Waals surface area contributed by atoms with E-state index in [1.54, 1.807) is 0 Å². The van der Waals surface area contributed by atoms with Crippen LogP contribution in [0.2, 0.25) is 0 Å². The van der Waals surface area contributed by atoms with Crippen LogP contribution in [0.25, 0.3) is 0 Å². The largest absolute Gasteiger partial charge is 0.277 e. The summed E-state index contributed by atoms with van der Waals surface area (Å²) in [6.45, 7) is 5.65. The van der Waals surface area contributed by atoms with Crippen molar-refractivity contribution in [1.82, 2.24) is 4.90 Å². The molecule has 0 atom stereocenters. The standard InChI is InChI=1S/C9H15NO2/c1-9(2,3)10-7(11)5-4-6-8(10)12/h4-6H2,1-3H3. The highest BCUT2D eigenvalue weighted by Gasteiger charge is 2.34. The van der Waals surface area contributed by atoms with Crippen LogP contribution in [-0.4, -0.2) is 22.3 Å². The third-order valence-corrected chi connectivity index (χ3v) is 1.95. The van der Waals surface area contributed by atoms with Crippen molar-refractivity contribution in [1.29, 1.82) is 0 Å². The van der Waals surface area contributed by atoms with Crippen LogP contribution in [0.1, 0.15) is 40.0 Å². The van der Waals surface area contributed by atoms with Crippen LogP contribution < -0.4 is 0 Å². The number of carbonyl (C=O) groups excluding carboxylic acids is 2. The smallest absolute Gasteiger partial charge is 0.229 e. The summed E-state index contributed by atoms with van der Waals surface area (Å²) in [5.41, 5.74) is -0.353. The highest BCUT2D eigenvalue weighted by Crippen LogP contribution is 2.21. The van der Waals surface area contributed by atoms with E-state index in [1.807, 2.05) is 20.8 Å². The number of likely N-dealkylation sites (tertiary alicyclic amines) is 1. The van der Waals surface area contributed by atoms with Gasteiger partial charge in [-0.15, -0.1) is 0 Å². The Hall–Kier alpha value is -0.860. The Morgan fingerprint density at radius 1 is 1.08 bits per heavy atom. The molecule has 1 fully saturated rings. The Kier molecular flexibility index (Phi) is 2.22. The Morgan fingerprint density at radius 2 is 1.50 bits per heavy atom. The lowest BCUT2D eigenvalue weighted by atomic mass is 10.00. The van der Waals surface area contributed by atoms with Gasteiger partial charge in [-0.1, -0.05) is 0 Å². The molecule has 1 aliphatic rings. The first-order chi connectivity index (χ1) is 5.43. The molecule has 0 unspecified atom stereocenters. The number of hydrogen-bond donors (Lipinski definition) is 0. The van der Waals surface area contributed by atoms with Gasteiger partial charge in [-0.25, -0.2) is 0 Å². The molecule has 0 N–H and O–H groups in total. The summed E-state index contributed by atoms with van der Waals surface area (Å²) in [5, 5.41) is 0. The molecule has 0 aromatic rings. The van der Waals surface area contributed by atoms with E-state index in [4.69, 9.17) is 0 Å². The van der Waals surface area contributed by atoms with Crippen LogP contribution in [0, 0.1) is 0 Å². The molecule has 68 valence electrons. The molecule has 0 radical (unpaired) electrons. The first-order valence-electron chi connectivity index (χ1n) is 4.29. The Morgan fingerprint density at radius 3 is 1.75 bits per heavy atom. The molecule has 3 heteroatoms. The summed E-state index contributed by atoms with van der Waals surface area (Å²) in [4.78, 5) is 24.1. The molecule has 1 rings (SSSR count). The Balaban J connectivity index is 2.84. The lowest BCUT2D eigenvalue weighted by Crippen LogP contribution is -2.51. The molecular weight excluding hydrogens is 154 g/mol. The molecule has 12 heavy (non-hydrogen) atoms. The minimum Gasteiger partial charge on any atom is -0.277 e. The second-order valence-corrected chi connectivity index (χ2v) is 4.15. The van der Waals surface area contributed by atoms with Crippen molar-refractivity contribution in [2.24, 2.45) is 0 Å². The van der Waals surface area contributed by atoms with Gasteiger partial charge in [0.25, 0.3) is 0 Å². The van der Waals surface area contributed by atoms with Gasteiger partial charge in [0.15, 0.2) is 0 Å². The minimum absolute atomic E-state index is 0.0289. The van der Waals surface area contributed by atoms with Gasteiger partial charge in [0.1, 0.15) is 0 Å². The summed E-state index contributed by atoms with van der Waals surface area (Å²) in [7, 11) is 0. The molecule has 3 nitrogen and oxygen atoms in total. The van der Waals surface area contributed by atoms with Crippen molar-refractivity contribution >= 4 is 11.8 Å². The van der Waals surface area contributed by atoms with Crippen molar-refractivity contribution in [2.45, 2.75) is 45.6 Å². The molecule has 0 aromatic carbocycles. The predicted molar refractivity (Wildman–Crippen MR) is 45.5 cm³/mol. The minimum atomic E-state index is -0.353. The zero-order valence-electron chi connectivity index (χ0n) is 7.89. The maximum Gasteiger partial charge on any atom is 0.229 e. The Bertz CT molecular complexity index is 199. The van der Waals surface area contributed by atoms with Crippen LogP contribution in [-0.2, 0) is 9.59 Å². The van der Waals surface area contributed by atoms with E-state index in [2.05, 4.69) is 0 Å². The van der Waals surface area contributed by atoms with Crippen LogP contribution in [0.4, 0.5) is 0 Å². The van der Waals surface area contributed by atoms with Crippen LogP contribution >= 0.6 is 0 Å². The lowest BCUT2D eigenvalue weighted by molar-refractivity contribution is -0.153. The monoisotopic (exact) mass is 169 g/mol. The molecule has 2 amide bonds. The molecule has 0 bridgehead atoms. The maximum absolute atomic E-state index is 11.4. The van der Waals surface area contributed by atoms with E-state index in [0.29, 0.717) is 19.3 Å².